The first kappa shape index (κ1) is 22.1. The third-order valence-corrected chi connectivity index (χ3v) is 6.59. The molecule has 0 aliphatic rings. The average Bonchev–Trinajstić information content (AvgIpc) is 2.61. The molecule has 2 rings (SSSR count). The highest BCUT2D eigenvalue weighted by Crippen LogP contribution is 2.21. The molecule has 2 N–H and O–H groups in total. The van der Waals surface area contributed by atoms with Gasteiger partial charge in [0, 0.05) is 25.4 Å². The maximum Gasteiger partial charge on any atom is 0.241 e. The van der Waals surface area contributed by atoms with E-state index in [9.17, 15) is 13.2 Å². The van der Waals surface area contributed by atoms with E-state index in [0.717, 1.165) is 12.0 Å². The summed E-state index contributed by atoms with van der Waals surface area (Å²) in [4.78, 5) is 12.4. The summed E-state index contributed by atoms with van der Waals surface area (Å²) in [6.07, 6.45) is 1.03. The highest BCUT2D eigenvalue weighted by Gasteiger charge is 2.20. The normalized spacial score (nSPS) is 12.6. The summed E-state index contributed by atoms with van der Waals surface area (Å²) < 4.78 is 27.8. The van der Waals surface area contributed by atoms with Gasteiger partial charge in [0.05, 0.1) is 4.90 Å². The number of rotatable bonds is 9. The van der Waals surface area contributed by atoms with Crippen molar-refractivity contribution in [2.45, 2.75) is 51.3 Å². The fraction of sp³-hybridized carbons (Fsp3) is 0.409. The quantitative estimate of drug-likeness (QED) is 0.673. The second-order valence-corrected chi connectivity index (χ2v) is 8.90. The van der Waals surface area contributed by atoms with E-state index in [0.29, 0.717) is 22.6 Å². The first-order valence-corrected chi connectivity index (χ1v) is 11.1. The van der Waals surface area contributed by atoms with Gasteiger partial charge in [0.15, 0.2) is 0 Å². The number of nitrogens with one attached hydrogen (secondary N) is 2. The number of carbonyl (C=O) groups excluding carboxylic acids is 1. The van der Waals surface area contributed by atoms with Crippen LogP contribution in [0.3, 0.4) is 0 Å². The van der Waals surface area contributed by atoms with Crippen molar-refractivity contribution < 1.29 is 13.2 Å². The smallest absolute Gasteiger partial charge is 0.241 e. The highest BCUT2D eigenvalue weighted by molar-refractivity contribution is 7.89. The topological polar surface area (TPSA) is 75.3 Å². The van der Waals surface area contributed by atoms with Gasteiger partial charge in [0.2, 0.25) is 15.9 Å². The van der Waals surface area contributed by atoms with Crippen LogP contribution in [-0.2, 0) is 14.8 Å². The predicted molar refractivity (Wildman–Crippen MR) is 113 cm³/mol. The molecule has 28 heavy (non-hydrogen) atoms. The van der Waals surface area contributed by atoms with Crippen LogP contribution in [0, 0.1) is 20.8 Å². The minimum Gasteiger partial charge on any atom is -0.355 e. The monoisotopic (exact) mass is 402 g/mol. The number of aryl methyl sites for hydroxylation is 3. The fourth-order valence-electron chi connectivity index (χ4n) is 3.51. The molecule has 1 unspecified atom stereocenters. The SMILES string of the molecule is CCC(CNC(=O)CCNS(=O)(=O)c1c(C)cc(C)cc1C)c1ccccc1. The molecule has 0 bridgehead atoms. The predicted octanol–water partition coefficient (Wildman–Crippen LogP) is 3.59. The molecule has 6 heteroatoms. The van der Waals surface area contributed by atoms with E-state index in [1.165, 1.54) is 5.56 Å². The largest absolute Gasteiger partial charge is 0.355 e. The zero-order valence-corrected chi connectivity index (χ0v) is 17.9. The van der Waals surface area contributed by atoms with Gasteiger partial charge in [-0.3, -0.25) is 4.79 Å². The van der Waals surface area contributed by atoms with Crippen LogP contribution < -0.4 is 10.0 Å². The molecule has 1 amide bonds. The molecule has 1 atom stereocenters. The van der Waals surface area contributed by atoms with Crippen LogP contribution >= 0.6 is 0 Å². The first-order valence-electron chi connectivity index (χ1n) is 9.63. The molecule has 2 aromatic rings. The summed E-state index contributed by atoms with van der Waals surface area (Å²) in [7, 11) is -3.64. The Kier molecular flexibility index (Phi) is 7.78. The third-order valence-electron chi connectivity index (χ3n) is 4.83. The van der Waals surface area contributed by atoms with E-state index in [4.69, 9.17) is 0 Å². The lowest BCUT2D eigenvalue weighted by atomic mass is 9.96. The first-order chi connectivity index (χ1) is 13.2. The van der Waals surface area contributed by atoms with E-state index < -0.39 is 10.0 Å². The Bertz CT molecular complexity index is 886. The molecule has 0 fully saturated rings. The van der Waals surface area contributed by atoms with E-state index in [1.807, 2.05) is 37.3 Å². The van der Waals surface area contributed by atoms with Crippen LogP contribution in [0.1, 0.15) is 47.9 Å². The van der Waals surface area contributed by atoms with Crippen LogP contribution in [0.15, 0.2) is 47.4 Å². The Morgan fingerprint density at radius 1 is 1.04 bits per heavy atom. The van der Waals surface area contributed by atoms with Crippen LogP contribution in [-0.4, -0.2) is 27.4 Å². The van der Waals surface area contributed by atoms with Crippen molar-refractivity contribution in [1.82, 2.24) is 10.0 Å². The van der Waals surface area contributed by atoms with Crippen molar-refractivity contribution in [2.24, 2.45) is 0 Å². The van der Waals surface area contributed by atoms with E-state index in [1.54, 1.807) is 13.8 Å². The van der Waals surface area contributed by atoms with Crippen LogP contribution in [0.4, 0.5) is 0 Å². The highest BCUT2D eigenvalue weighted by atomic mass is 32.2. The van der Waals surface area contributed by atoms with Crippen molar-refractivity contribution in [3.63, 3.8) is 0 Å². The molecular weight excluding hydrogens is 372 g/mol. The van der Waals surface area contributed by atoms with Gasteiger partial charge >= 0.3 is 0 Å². The van der Waals surface area contributed by atoms with Gasteiger partial charge in [-0.05, 0) is 43.9 Å². The number of amides is 1. The number of hydrogen-bond acceptors (Lipinski definition) is 3. The van der Waals surface area contributed by atoms with Crippen LogP contribution in [0.25, 0.3) is 0 Å². The standard InChI is InChI=1S/C22H30N2O3S/c1-5-19(20-9-7-6-8-10-20)15-23-21(25)11-12-24-28(26,27)22-17(3)13-16(2)14-18(22)4/h6-10,13-14,19,24H,5,11-12,15H2,1-4H3,(H,23,25). The van der Waals surface area contributed by atoms with Gasteiger partial charge < -0.3 is 5.32 Å². The number of sulfonamides is 1. The maximum atomic E-state index is 12.6. The molecular formula is C22H30N2O3S. The molecule has 0 saturated carbocycles. The second kappa shape index (κ2) is 9.85. The average molecular weight is 403 g/mol. The zero-order valence-electron chi connectivity index (χ0n) is 17.1. The van der Waals surface area contributed by atoms with Crippen LogP contribution in [0.5, 0.6) is 0 Å². The van der Waals surface area contributed by atoms with Gasteiger partial charge in [-0.2, -0.15) is 0 Å². The zero-order chi connectivity index (χ0) is 20.7. The summed E-state index contributed by atoms with van der Waals surface area (Å²) in [6, 6.07) is 13.8. The van der Waals surface area contributed by atoms with Crippen molar-refractivity contribution in [3.8, 4) is 0 Å². The molecule has 0 saturated heterocycles. The minimum absolute atomic E-state index is 0.0725. The van der Waals surface area contributed by atoms with Gasteiger partial charge in [0.1, 0.15) is 0 Å². The van der Waals surface area contributed by atoms with Crippen molar-refractivity contribution in [3.05, 3.63) is 64.7 Å². The molecule has 0 heterocycles. The van der Waals surface area contributed by atoms with E-state index in [-0.39, 0.29) is 24.8 Å². The second-order valence-electron chi connectivity index (χ2n) is 7.20. The molecule has 0 aromatic heterocycles. The number of carbonyl (C=O) groups is 1. The van der Waals surface area contributed by atoms with Gasteiger partial charge in [-0.1, -0.05) is 55.0 Å². The Morgan fingerprint density at radius 3 is 2.21 bits per heavy atom. The fourth-order valence-corrected chi connectivity index (χ4v) is 4.99. The van der Waals surface area contributed by atoms with Crippen molar-refractivity contribution in [2.75, 3.05) is 13.1 Å². The molecule has 0 aliphatic heterocycles. The van der Waals surface area contributed by atoms with Crippen LogP contribution in [0.2, 0.25) is 0 Å². The number of hydrogen-bond donors (Lipinski definition) is 2. The summed E-state index contributed by atoms with van der Waals surface area (Å²) >= 11 is 0. The van der Waals surface area contributed by atoms with Gasteiger partial charge in [-0.25, -0.2) is 13.1 Å². The Hall–Kier alpha value is -2.18. The van der Waals surface area contributed by atoms with Gasteiger partial charge in [0.25, 0.3) is 0 Å². The Morgan fingerprint density at radius 2 is 1.64 bits per heavy atom. The molecule has 0 spiro atoms. The lowest BCUT2D eigenvalue weighted by molar-refractivity contribution is -0.121. The van der Waals surface area contributed by atoms with E-state index in [2.05, 4.69) is 29.1 Å². The Balaban J connectivity index is 1.88. The molecule has 0 aliphatic carbocycles. The van der Waals surface area contributed by atoms with Crippen molar-refractivity contribution >= 4 is 15.9 Å². The summed E-state index contributed by atoms with van der Waals surface area (Å²) in [6.45, 7) is 8.22. The minimum atomic E-state index is -3.64. The van der Waals surface area contributed by atoms with E-state index >= 15 is 0 Å². The lowest BCUT2D eigenvalue weighted by Gasteiger charge is -2.16. The molecule has 152 valence electrons. The Labute approximate surface area is 168 Å². The van der Waals surface area contributed by atoms with Gasteiger partial charge in [-0.15, -0.1) is 0 Å². The number of benzene rings is 2. The summed E-state index contributed by atoms with van der Waals surface area (Å²) in [5.41, 5.74) is 3.64. The van der Waals surface area contributed by atoms with Crippen molar-refractivity contribution in [1.29, 1.82) is 0 Å². The molecule has 0 radical (unpaired) electrons. The summed E-state index contributed by atoms with van der Waals surface area (Å²) in [5.74, 6) is 0.0918. The maximum absolute atomic E-state index is 12.6. The summed E-state index contributed by atoms with van der Waals surface area (Å²) in [5, 5.41) is 2.91. The molecule has 2 aromatic carbocycles. The molecule has 5 nitrogen and oxygen atoms in total. The lowest BCUT2D eigenvalue weighted by Crippen LogP contribution is -2.33. The third kappa shape index (κ3) is 5.91.